The molecule has 0 fully saturated rings. The molecular formula is C21H40N4O4. The molecule has 168 valence electrons. The van der Waals surface area contributed by atoms with Gasteiger partial charge < -0.3 is 21.3 Å². The fourth-order valence-corrected chi connectivity index (χ4v) is 2.39. The van der Waals surface area contributed by atoms with Crippen molar-refractivity contribution in [1.82, 2.24) is 21.3 Å². The molecule has 0 bridgehead atoms. The lowest BCUT2D eigenvalue weighted by Gasteiger charge is -2.09. The lowest BCUT2D eigenvalue weighted by atomic mass is 10.1. The van der Waals surface area contributed by atoms with E-state index in [4.69, 9.17) is 0 Å². The molecular weight excluding hydrogens is 372 g/mol. The molecule has 4 N–H and O–H groups in total. The molecule has 0 aromatic heterocycles. The van der Waals surface area contributed by atoms with Gasteiger partial charge in [0.15, 0.2) is 0 Å². The zero-order valence-electron chi connectivity index (χ0n) is 18.6. The molecule has 0 saturated carbocycles. The van der Waals surface area contributed by atoms with Crippen LogP contribution in [0.3, 0.4) is 0 Å². The zero-order valence-corrected chi connectivity index (χ0v) is 18.6. The smallest absolute Gasteiger partial charge is 0.221 e. The highest BCUT2D eigenvalue weighted by Crippen LogP contribution is 1.98. The molecule has 0 aromatic rings. The molecule has 0 heterocycles. The molecule has 0 radical (unpaired) electrons. The molecule has 0 aliphatic rings. The van der Waals surface area contributed by atoms with E-state index < -0.39 is 0 Å². The van der Waals surface area contributed by atoms with Crippen molar-refractivity contribution in [1.29, 1.82) is 0 Å². The summed E-state index contributed by atoms with van der Waals surface area (Å²) in [6, 6.07) is 0. The Morgan fingerprint density at radius 1 is 0.517 bits per heavy atom. The molecule has 0 aromatic carbocycles. The molecule has 0 aliphatic heterocycles. The molecule has 0 unspecified atom stereocenters. The minimum absolute atomic E-state index is 0.0708. The average Bonchev–Trinajstić information content (AvgIpc) is 2.61. The van der Waals surface area contributed by atoms with Crippen LogP contribution >= 0.6 is 0 Å². The first-order valence-corrected chi connectivity index (χ1v) is 10.8. The van der Waals surface area contributed by atoms with Crippen LogP contribution in [0.15, 0.2) is 0 Å². The van der Waals surface area contributed by atoms with Crippen LogP contribution in [0.2, 0.25) is 0 Å². The van der Waals surface area contributed by atoms with Crippen LogP contribution in [0.4, 0.5) is 0 Å². The van der Waals surface area contributed by atoms with Gasteiger partial charge in [-0.3, -0.25) is 19.2 Å². The molecule has 8 heteroatoms. The number of carbonyl (C=O) groups is 4. The van der Waals surface area contributed by atoms with Gasteiger partial charge in [-0.05, 0) is 31.1 Å². The third kappa shape index (κ3) is 19.0. The topological polar surface area (TPSA) is 116 Å². The molecule has 0 saturated heterocycles. The highest BCUT2D eigenvalue weighted by molar-refractivity contribution is 5.81. The summed E-state index contributed by atoms with van der Waals surface area (Å²) in [5.74, 6) is 0.602. The normalized spacial score (nSPS) is 10.7. The third-order valence-corrected chi connectivity index (χ3v) is 4.24. The Balaban J connectivity index is 3.62. The highest BCUT2D eigenvalue weighted by atomic mass is 16.2. The summed E-state index contributed by atoms with van der Waals surface area (Å²) in [5.41, 5.74) is 0. The monoisotopic (exact) mass is 412 g/mol. The van der Waals surface area contributed by atoms with Crippen molar-refractivity contribution in [3.05, 3.63) is 0 Å². The van der Waals surface area contributed by atoms with E-state index in [9.17, 15) is 19.2 Å². The lowest BCUT2D eigenvalue weighted by molar-refractivity contribution is -0.123. The van der Waals surface area contributed by atoms with E-state index in [-0.39, 0.29) is 49.3 Å². The molecule has 8 nitrogen and oxygen atoms in total. The summed E-state index contributed by atoms with van der Waals surface area (Å²) >= 11 is 0. The maximum atomic E-state index is 11.7. The Hall–Kier alpha value is -2.12. The van der Waals surface area contributed by atoms with Crippen molar-refractivity contribution in [2.45, 2.75) is 72.6 Å². The largest absolute Gasteiger partial charge is 0.356 e. The van der Waals surface area contributed by atoms with E-state index in [0.29, 0.717) is 44.4 Å². The van der Waals surface area contributed by atoms with Crippen LogP contribution in [0.5, 0.6) is 0 Å². The number of amides is 4. The second-order valence-electron chi connectivity index (χ2n) is 8.12. The maximum absolute atomic E-state index is 11.7. The molecule has 4 amide bonds. The van der Waals surface area contributed by atoms with Gasteiger partial charge in [-0.15, -0.1) is 0 Å². The number of rotatable bonds is 16. The summed E-state index contributed by atoms with van der Waals surface area (Å²) in [6.07, 6.45) is 3.27. The molecule has 0 spiro atoms. The standard InChI is InChI=1S/C21H40N4O4/c1-16(2)8-12-22-20(28)10-14-24-18(26)6-5-7-19(27)25-15-11-21(29)23-13-9-17(3)4/h16-17H,5-15H2,1-4H3,(H,22,28)(H,23,29)(H,24,26)(H,25,27). The summed E-state index contributed by atoms with van der Waals surface area (Å²) in [5, 5.41) is 11.0. The van der Waals surface area contributed by atoms with Crippen LogP contribution < -0.4 is 21.3 Å². The fourth-order valence-electron chi connectivity index (χ4n) is 2.39. The van der Waals surface area contributed by atoms with Gasteiger partial charge in [0.2, 0.25) is 23.6 Å². The Labute approximate surface area is 175 Å². The first-order chi connectivity index (χ1) is 13.7. The van der Waals surface area contributed by atoms with Gasteiger partial charge >= 0.3 is 0 Å². The van der Waals surface area contributed by atoms with Crippen molar-refractivity contribution in [2.24, 2.45) is 11.8 Å². The molecule has 29 heavy (non-hydrogen) atoms. The van der Waals surface area contributed by atoms with Crippen molar-refractivity contribution < 1.29 is 19.2 Å². The van der Waals surface area contributed by atoms with E-state index >= 15 is 0 Å². The minimum atomic E-state index is -0.169. The predicted molar refractivity (Wildman–Crippen MR) is 114 cm³/mol. The van der Waals surface area contributed by atoms with E-state index in [1.807, 2.05) is 0 Å². The predicted octanol–water partition coefficient (Wildman–Crippen LogP) is 1.49. The van der Waals surface area contributed by atoms with Crippen LogP contribution in [0.25, 0.3) is 0 Å². The molecule has 0 atom stereocenters. The van der Waals surface area contributed by atoms with E-state index in [2.05, 4.69) is 49.0 Å². The van der Waals surface area contributed by atoms with Gasteiger partial charge in [0, 0.05) is 51.9 Å². The molecule has 0 aliphatic carbocycles. The van der Waals surface area contributed by atoms with Crippen molar-refractivity contribution in [3.8, 4) is 0 Å². The van der Waals surface area contributed by atoms with Gasteiger partial charge in [-0.25, -0.2) is 0 Å². The van der Waals surface area contributed by atoms with Crippen molar-refractivity contribution in [2.75, 3.05) is 26.2 Å². The number of carbonyl (C=O) groups excluding carboxylic acids is 4. The Morgan fingerprint density at radius 3 is 1.17 bits per heavy atom. The van der Waals surface area contributed by atoms with E-state index in [1.165, 1.54) is 0 Å². The first kappa shape index (κ1) is 26.9. The Kier molecular flexibility index (Phi) is 15.6. The summed E-state index contributed by atoms with van der Waals surface area (Å²) in [4.78, 5) is 46.7. The summed E-state index contributed by atoms with van der Waals surface area (Å²) in [7, 11) is 0. The number of hydrogen-bond acceptors (Lipinski definition) is 4. The second kappa shape index (κ2) is 16.8. The van der Waals surface area contributed by atoms with Crippen LogP contribution in [-0.4, -0.2) is 49.8 Å². The van der Waals surface area contributed by atoms with E-state index in [0.717, 1.165) is 12.8 Å². The Bertz CT molecular complexity index is 463. The molecule has 0 rings (SSSR count). The van der Waals surface area contributed by atoms with Crippen molar-refractivity contribution in [3.63, 3.8) is 0 Å². The van der Waals surface area contributed by atoms with Crippen molar-refractivity contribution >= 4 is 23.6 Å². The van der Waals surface area contributed by atoms with Gasteiger partial charge in [0.1, 0.15) is 0 Å². The fraction of sp³-hybridized carbons (Fsp3) is 0.810. The van der Waals surface area contributed by atoms with Crippen LogP contribution in [0, 0.1) is 11.8 Å². The minimum Gasteiger partial charge on any atom is -0.356 e. The SMILES string of the molecule is CC(C)CCNC(=O)CCNC(=O)CCCC(=O)NCCC(=O)NCCC(C)C. The third-order valence-electron chi connectivity index (χ3n) is 4.24. The van der Waals surface area contributed by atoms with Gasteiger partial charge in [-0.2, -0.15) is 0 Å². The number of hydrogen-bond donors (Lipinski definition) is 4. The first-order valence-electron chi connectivity index (χ1n) is 10.8. The quantitative estimate of drug-likeness (QED) is 0.307. The maximum Gasteiger partial charge on any atom is 0.221 e. The lowest BCUT2D eigenvalue weighted by Crippen LogP contribution is -2.32. The van der Waals surface area contributed by atoms with Gasteiger partial charge in [0.25, 0.3) is 0 Å². The van der Waals surface area contributed by atoms with Gasteiger partial charge in [-0.1, -0.05) is 27.7 Å². The Morgan fingerprint density at radius 2 is 0.828 bits per heavy atom. The summed E-state index contributed by atoms with van der Waals surface area (Å²) in [6.45, 7) is 10.3. The number of nitrogens with one attached hydrogen (secondary N) is 4. The van der Waals surface area contributed by atoms with E-state index in [1.54, 1.807) is 0 Å². The summed E-state index contributed by atoms with van der Waals surface area (Å²) < 4.78 is 0. The van der Waals surface area contributed by atoms with Gasteiger partial charge in [0.05, 0.1) is 0 Å². The highest BCUT2D eigenvalue weighted by Gasteiger charge is 2.08. The van der Waals surface area contributed by atoms with Crippen LogP contribution in [0.1, 0.15) is 72.6 Å². The zero-order chi connectivity index (χ0) is 22.1. The average molecular weight is 413 g/mol. The second-order valence-corrected chi connectivity index (χ2v) is 8.12. The van der Waals surface area contributed by atoms with Crippen LogP contribution in [-0.2, 0) is 19.2 Å².